The first-order chi connectivity index (χ1) is 6.77. The van der Waals surface area contributed by atoms with Crippen LogP contribution < -0.4 is 5.32 Å². The van der Waals surface area contributed by atoms with Crippen LogP contribution in [0.4, 0.5) is 0 Å². The van der Waals surface area contributed by atoms with Crippen molar-refractivity contribution in [3.63, 3.8) is 0 Å². The zero-order valence-corrected chi connectivity index (χ0v) is 8.66. The molecule has 14 heavy (non-hydrogen) atoms. The summed E-state index contributed by atoms with van der Waals surface area (Å²) in [6.07, 6.45) is 1.77. The van der Waals surface area contributed by atoms with E-state index in [1.807, 2.05) is 4.90 Å². The first kappa shape index (κ1) is 9.93. The van der Waals surface area contributed by atoms with Gasteiger partial charge in [-0.15, -0.1) is 0 Å². The van der Waals surface area contributed by atoms with Crippen LogP contribution in [-0.2, 0) is 9.53 Å². The lowest BCUT2D eigenvalue weighted by atomic mass is 10.1. The first-order valence-electron chi connectivity index (χ1n) is 5.41. The molecule has 0 aromatic rings. The Morgan fingerprint density at radius 3 is 3.07 bits per heavy atom. The summed E-state index contributed by atoms with van der Waals surface area (Å²) >= 11 is 0. The predicted molar refractivity (Wildman–Crippen MR) is 53.0 cm³/mol. The molecule has 0 aromatic heterocycles. The number of ether oxygens (including phenoxy) is 1. The normalized spacial score (nSPS) is 33.4. The van der Waals surface area contributed by atoms with Crippen molar-refractivity contribution in [1.29, 1.82) is 0 Å². The molecule has 4 nitrogen and oxygen atoms in total. The molecule has 1 unspecified atom stereocenters. The molecule has 0 saturated carbocycles. The van der Waals surface area contributed by atoms with Crippen molar-refractivity contribution < 1.29 is 9.53 Å². The molecule has 80 valence electrons. The third-order valence-electron chi connectivity index (χ3n) is 2.89. The number of carbonyl (C=O) groups excluding carboxylic acids is 1. The maximum Gasteiger partial charge on any atom is 0.251 e. The van der Waals surface area contributed by atoms with E-state index in [0.29, 0.717) is 6.04 Å². The maximum atomic E-state index is 11.9. The average Bonchev–Trinajstić information content (AvgIpc) is 2.69. The summed E-state index contributed by atoms with van der Waals surface area (Å²) in [5.74, 6) is 0.191. The van der Waals surface area contributed by atoms with Crippen molar-refractivity contribution >= 4 is 5.91 Å². The molecule has 0 radical (unpaired) electrons. The van der Waals surface area contributed by atoms with Gasteiger partial charge < -0.3 is 15.0 Å². The van der Waals surface area contributed by atoms with Crippen molar-refractivity contribution in [2.75, 3.05) is 26.2 Å². The number of carbonyl (C=O) groups is 1. The second kappa shape index (κ2) is 4.28. The minimum Gasteiger partial charge on any atom is -0.368 e. The van der Waals surface area contributed by atoms with Gasteiger partial charge in [0.15, 0.2) is 0 Å². The molecule has 2 heterocycles. The van der Waals surface area contributed by atoms with Crippen LogP contribution in [0.1, 0.15) is 19.8 Å². The van der Waals surface area contributed by atoms with Gasteiger partial charge in [-0.2, -0.15) is 0 Å². The van der Waals surface area contributed by atoms with Crippen molar-refractivity contribution in [1.82, 2.24) is 10.2 Å². The second-order valence-corrected chi connectivity index (χ2v) is 4.14. The lowest BCUT2D eigenvalue weighted by Gasteiger charge is -2.33. The Morgan fingerprint density at radius 2 is 2.43 bits per heavy atom. The number of amides is 1. The van der Waals surface area contributed by atoms with Gasteiger partial charge in [0.25, 0.3) is 5.91 Å². The zero-order valence-electron chi connectivity index (χ0n) is 8.66. The molecule has 0 bridgehead atoms. The van der Waals surface area contributed by atoms with Crippen LogP contribution in [0.2, 0.25) is 0 Å². The molecular weight excluding hydrogens is 180 g/mol. The molecule has 1 N–H and O–H groups in total. The van der Waals surface area contributed by atoms with Crippen LogP contribution >= 0.6 is 0 Å². The lowest BCUT2D eigenvalue weighted by molar-refractivity contribution is -0.142. The molecule has 4 heteroatoms. The van der Waals surface area contributed by atoms with Gasteiger partial charge in [0.2, 0.25) is 0 Å². The summed E-state index contributed by atoms with van der Waals surface area (Å²) in [7, 11) is 0. The van der Waals surface area contributed by atoms with Gasteiger partial charge >= 0.3 is 0 Å². The number of nitrogens with zero attached hydrogens (tertiary/aromatic N) is 1. The monoisotopic (exact) mass is 198 g/mol. The Kier molecular flexibility index (Phi) is 3.03. The van der Waals surface area contributed by atoms with E-state index in [2.05, 4.69) is 12.2 Å². The van der Waals surface area contributed by atoms with E-state index in [1.165, 1.54) is 0 Å². The predicted octanol–water partition coefficient (Wildman–Crippen LogP) is -0.0143. The summed E-state index contributed by atoms with van der Waals surface area (Å²) in [4.78, 5) is 13.8. The summed E-state index contributed by atoms with van der Waals surface area (Å²) in [6.45, 7) is 5.40. The standard InChI is InChI=1S/C10H18N2O2/c1-8-7-12(5-4-11-8)10(13)9-3-2-6-14-9/h8-9,11H,2-7H2,1H3/t8?,9-/m1/s1. The van der Waals surface area contributed by atoms with E-state index >= 15 is 0 Å². The van der Waals surface area contributed by atoms with Crippen molar-refractivity contribution in [3.05, 3.63) is 0 Å². The highest BCUT2D eigenvalue weighted by molar-refractivity contribution is 5.81. The third kappa shape index (κ3) is 2.07. The Hall–Kier alpha value is -0.610. The van der Waals surface area contributed by atoms with Crippen LogP contribution in [0, 0.1) is 0 Å². The van der Waals surface area contributed by atoms with E-state index in [1.54, 1.807) is 0 Å². The fourth-order valence-corrected chi connectivity index (χ4v) is 2.11. The highest BCUT2D eigenvalue weighted by atomic mass is 16.5. The van der Waals surface area contributed by atoms with E-state index in [9.17, 15) is 4.79 Å². The zero-order chi connectivity index (χ0) is 9.97. The molecule has 2 saturated heterocycles. The van der Waals surface area contributed by atoms with Crippen LogP contribution in [0.5, 0.6) is 0 Å². The summed E-state index contributed by atoms with van der Waals surface area (Å²) < 4.78 is 5.39. The first-order valence-corrected chi connectivity index (χ1v) is 5.41. The van der Waals surface area contributed by atoms with Crippen LogP contribution in [-0.4, -0.2) is 49.2 Å². The number of rotatable bonds is 1. The Bertz CT molecular complexity index is 214. The molecule has 0 aliphatic carbocycles. The second-order valence-electron chi connectivity index (χ2n) is 4.14. The Balaban J connectivity index is 1.89. The van der Waals surface area contributed by atoms with Gasteiger partial charge in [-0.3, -0.25) is 4.79 Å². The number of nitrogens with one attached hydrogen (secondary N) is 1. The van der Waals surface area contributed by atoms with E-state index in [4.69, 9.17) is 4.74 Å². The largest absolute Gasteiger partial charge is 0.368 e. The van der Waals surface area contributed by atoms with Gasteiger partial charge in [-0.1, -0.05) is 0 Å². The maximum absolute atomic E-state index is 11.9. The van der Waals surface area contributed by atoms with Gasteiger partial charge in [0.1, 0.15) is 6.10 Å². The fourth-order valence-electron chi connectivity index (χ4n) is 2.11. The molecule has 2 rings (SSSR count). The number of hydrogen-bond donors (Lipinski definition) is 1. The molecule has 0 aromatic carbocycles. The summed E-state index contributed by atoms with van der Waals surface area (Å²) in [5, 5.41) is 3.32. The molecule has 1 amide bonds. The van der Waals surface area contributed by atoms with Crippen molar-refractivity contribution in [2.24, 2.45) is 0 Å². The lowest BCUT2D eigenvalue weighted by Crippen LogP contribution is -2.53. The summed E-state index contributed by atoms with van der Waals surface area (Å²) in [6, 6.07) is 0.411. The van der Waals surface area contributed by atoms with Crippen LogP contribution in [0.25, 0.3) is 0 Å². The average molecular weight is 198 g/mol. The van der Waals surface area contributed by atoms with Crippen molar-refractivity contribution in [2.45, 2.75) is 31.9 Å². The number of hydrogen-bond acceptors (Lipinski definition) is 3. The van der Waals surface area contributed by atoms with Gasteiger partial charge in [-0.25, -0.2) is 0 Å². The SMILES string of the molecule is CC1CN(C(=O)[C@H]2CCCO2)CCN1. The molecule has 2 aliphatic heterocycles. The van der Waals surface area contributed by atoms with E-state index < -0.39 is 0 Å². The topological polar surface area (TPSA) is 41.6 Å². The third-order valence-corrected chi connectivity index (χ3v) is 2.89. The minimum atomic E-state index is -0.153. The smallest absolute Gasteiger partial charge is 0.251 e. The highest BCUT2D eigenvalue weighted by Gasteiger charge is 2.30. The summed E-state index contributed by atoms with van der Waals surface area (Å²) in [5.41, 5.74) is 0. The molecule has 2 fully saturated rings. The molecule has 0 spiro atoms. The van der Waals surface area contributed by atoms with Gasteiger partial charge in [-0.05, 0) is 19.8 Å². The van der Waals surface area contributed by atoms with Crippen LogP contribution in [0.3, 0.4) is 0 Å². The Morgan fingerprint density at radius 1 is 1.57 bits per heavy atom. The highest BCUT2D eigenvalue weighted by Crippen LogP contribution is 2.15. The van der Waals surface area contributed by atoms with Gasteiger partial charge in [0.05, 0.1) is 0 Å². The molecular formula is C10H18N2O2. The van der Waals surface area contributed by atoms with E-state index in [0.717, 1.165) is 39.1 Å². The van der Waals surface area contributed by atoms with Crippen molar-refractivity contribution in [3.8, 4) is 0 Å². The van der Waals surface area contributed by atoms with Crippen LogP contribution in [0.15, 0.2) is 0 Å². The minimum absolute atomic E-state index is 0.153. The number of piperazine rings is 1. The molecule has 2 atom stereocenters. The quantitative estimate of drug-likeness (QED) is 0.644. The van der Waals surface area contributed by atoms with E-state index in [-0.39, 0.29) is 12.0 Å². The van der Waals surface area contributed by atoms with Gasteiger partial charge in [0, 0.05) is 32.3 Å². The molecule has 2 aliphatic rings. The fraction of sp³-hybridized carbons (Fsp3) is 0.900. The Labute approximate surface area is 84.6 Å².